The first kappa shape index (κ1) is 15.9. The number of para-hydroxylation sites is 1. The molecule has 2 aromatic rings. The summed E-state index contributed by atoms with van der Waals surface area (Å²) in [6.45, 7) is 0. The van der Waals surface area contributed by atoms with E-state index in [1.807, 2.05) is 30.3 Å². The molecule has 3 unspecified atom stereocenters. The zero-order valence-electron chi connectivity index (χ0n) is 15.0. The van der Waals surface area contributed by atoms with E-state index in [4.69, 9.17) is 0 Å². The molecule has 5 heteroatoms. The van der Waals surface area contributed by atoms with Gasteiger partial charge >= 0.3 is 11.4 Å². The predicted octanol–water partition coefficient (Wildman–Crippen LogP) is 3.59. The van der Waals surface area contributed by atoms with Crippen LogP contribution in [0.25, 0.3) is 5.69 Å². The molecule has 1 aliphatic heterocycles. The summed E-state index contributed by atoms with van der Waals surface area (Å²) in [6, 6.07) is 9.48. The molecule has 2 heterocycles. The van der Waals surface area contributed by atoms with Crippen molar-refractivity contribution in [3.8, 4) is 5.69 Å². The van der Waals surface area contributed by atoms with Gasteiger partial charge in [-0.3, -0.25) is 0 Å². The number of allylic oxidation sites excluding steroid dienone is 2. The Morgan fingerprint density at radius 2 is 1.58 bits per heavy atom. The fraction of sp³-hybridized carbons (Fsp3) is 0.524. The van der Waals surface area contributed by atoms with E-state index in [1.54, 1.807) is 9.36 Å². The van der Waals surface area contributed by atoms with E-state index in [-0.39, 0.29) is 23.5 Å². The van der Waals surface area contributed by atoms with Crippen molar-refractivity contribution < 1.29 is 0 Å². The lowest BCUT2D eigenvalue weighted by molar-refractivity contribution is 0.306. The van der Waals surface area contributed by atoms with Crippen LogP contribution in [0.4, 0.5) is 0 Å². The molecular weight excluding hydrogens is 326 g/mol. The van der Waals surface area contributed by atoms with E-state index >= 15 is 0 Å². The van der Waals surface area contributed by atoms with Gasteiger partial charge in [-0.1, -0.05) is 55.5 Å². The summed E-state index contributed by atoms with van der Waals surface area (Å²) in [4.78, 5) is 26.4. The Morgan fingerprint density at radius 3 is 2.42 bits per heavy atom. The van der Waals surface area contributed by atoms with Gasteiger partial charge in [-0.2, -0.15) is 0 Å². The molecule has 136 valence electrons. The molecule has 0 amide bonds. The number of hydrogen-bond acceptors (Lipinski definition) is 2. The van der Waals surface area contributed by atoms with E-state index in [1.165, 1.54) is 42.2 Å². The van der Waals surface area contributed by atoms with Crippen LogP contribution in [0.1, 0.15) is 63.5 Å². The molecule has 6 rings (SSSR count). The molecule has 1 fully saturated rings. The van der Waals surface area contributed by atoms with Gasteiger partial charge in [-0.25, -0.2) is 23.5 Å². The summed E-state index contributed by atoms with van der Waals surface area (Å²) in [5.41, 5.74) is 1.74. The lowest BCUT2D eigenvalue weighted by atomic mass is 9.79. The van der Waals surface area contributed by atoms with Gasteiger partial charge in [-0.05, 0) is 37.8 Å². The molecule has 1 aromatic heterocycles. The van der Waals surface area contributed by atoms with Crippen LogP contribution >= 0.6 is 0 Å². The van der Waals surface area contributed by atoms with Crippen molar-refractivity contribution in [3.63, 3.8) is 0 Å². The Bertz CT molecular complexity index is 963. The van der Waals surface area contributed by atoms with Crippen LogP contribution in [0.5, 0.6) is 0 Å². The van der Waals surface area contributed by atoms with Crippen molar-refractivity contribution in [2.24, 2.45) is 5.92 Å². The van der Waals surface area contributed by atoms with Crippen LogP contribution in [0.3, 0.4) is 0 Å². The maximum absolute atomic E-state index is 13.2. The standard InChI is InChI=1S/C21H25N3O2/c25-20-22(16-10-6-4-7-11-16)21(26)24-19-14-15-9-5-2-1-3-8-12-17(19)18(13-15)23(20)24/h4,6-7,10-11,13,17-19H,1-3,5,8-9,12,14H2. The highest BCUT2D eigenvalue weighted by molar-refractivity contribution is 5.31. The lowest BCUT2D eigenvalue weighted by Crippen LogP contribution is -2.33. The molecule has 5 nitrogen and oxygen atoms in total. The second-order valence-corrected chi connectivity index (χ2v) is 7.98. The topological polar surface area (TPSA) is 48.9 Å². The number of rotatable bonds is 1. The quantitative estimate of drug-likeness (QED) is 0.737. The maximum Gasteiger partial charge on any atom is 0.352 e. The Hall–Kier alpha value is -2.30. The van der Waals surface area contributed by atoms with Crippen LogP contribution in [0.2, 0.25) is 0 Å². The number of nitrogens with zero attached hydrogens (tertiary/aromatic N) is 3. The second kappa shape index (κ2) is 6.15. The van der Waals surface area contributed by atoms with Crippen LogP contribution < -0.4 is 11.4 Å². The van der Waals surface area contributed by atoms with Gasteiger partial charge in [0.25, 0.3) is 0 Å². The van der Waals surface area contributed by atoms with Gasteiger partial charge in [-0.15, -0.1) is 0 Å². The van der Waals surface area contributed by atoms with E-state index in [2.05, 4.69) is 6.08 Å². The normalized spacial score (nSPS) is 27.7. The van der Waals surface area contributed by atoms with Gasteiger partial charge < -0.3 is 0 Å². The third-order valence-electron chi connectivity index (χ3n) is 6.46. The van der Waals surface area contributed by atoms with Crippen molar-refractivity contribution in [1.82, 2.24) is 13.9 Å². The highest BCUT2D eigenvalue weighted by Gasteiger charge is 2.45. The highest BCUT2D eigenvalue weighted by atomic mass is 16.2. The summed E-state index contributed by atoms with van der Waals surface area (Å²) < 4.78 is 4.88. The number of benzene rings is 1. The third-order valence-corrected chi connectivity index (χ3v) is 6.46. The SMILES string of the molecule is O=c1n(-c2ccccc2)c(=O)n2n1C1C=C3CCCCCCCC1C2C3. The van der Waals surface area contributed by atoms with Crippen molar-refractivity contribution in [2.75, 3.05) is 0 Å². The maximum atomic E-state index is 13.2. The van der Waals surface area contributed by atoms with E-state index < -0.39 is 0 Å². The van der Waals surface area contributed by atoms with Crippen LogP contribution in [0, 0.1) is 5.92 Å². The molecule has 0 spiro atoms. The largest absolute Gasteiger partial charge is 0.352 e. The number of aromatic nitrogens is 3. The Kier molecular flexibility index (Phi) is 3.76. The lowest BCUT2D eigenvalue weighted by Gasteiger charge is -2.28. The van der Waals surface area contributed by atoms with Crippen LogP contribution in [-0.4, -0.2) is 13.9 Å². The molecule has 3 aliphatic carbocycles. The molecule has 4 aliphatic rings. The van der Waals surface area contributed by atoms with Crippen molar-refractivity contribution in [3.05, 3.63) is 62.9 Å². The van der Waals surface area contributed by atoms with Crippen molar-refractivity contribution >= 4 is 0 Å². The number of hydrogen-bond donors (Lipinski definition) is 0. The molecule has 0 radical (unpaired) electrons. The van der Waals surface area contributed by atoms with Crippen molar-refractivity contribution in [2.45, 2.75) is 63.5 Å². The first-order valence-corrected chi connectivity index (χ1v) is 9.97. The Labute approximate surface area is 152 Å². The van der Waals surface area contributed by atoms with Gasteiger partial charge in [0.15, 0.2) is 0 Å². The zero-order chi connectivity index (χ0) is 17.7. The molecule has 4 bridgehead atoms. The highest BCUT2D eigenvalue weighted by Crippen LogP contribution is 2.47. The summed E-state index contributed by atoms with van der Waals surface area (Å²) in [7, 11) is 0. The molecule has 26 heavy (non-hydrogen) atoms. The van der Waals surface area contributed by atoms with E-state index in [9.17, 15) is 9.59 Å². The van der Waals surface area contributed by atoms with Crippen LogP contribution in [-0.2, 0) is 0 Å². The average molecular weight is 351 g/mol. The fourth-order valence-electron chi connectivity index (χ4n) is 5.25. The minimum Gasteiger partial charge on any atom is -0.245 e. The minimum absolute atomic E-state index is 0.0482. The molecule has 0 N–H and O–H groups in total. The molecule has 1 aromatic carbocycles. The average Bonchev–Trinajstić information content (AvgIpc) is 2.98. The number of fused-ring (bicyclic) bond motifs is 7. The van der Waals surface area contributed by atoms with Crippen molar-refractivity contribution in [1.29, 1.82) is 0 Å². The summed E-state index contributed by atoms with van der Waals surface area (Å²) in [5, 5.41) is 0. The Balaban J connectivity index is 1.65. The van der Waals surface area contributed by atoms with Gasteiger partial charge in [0.05, 0.1) is 17.8 Å². The first-order chi connectivity index (χ1) is 12.8. The minimum atomic E-state index is -0.189. The monoisotopic (exact) mass is 351 g/mol. The summed E-state index contributed by atoms with van der Waals surface area (Å²) in [5.74, 6) is 0.391. The van der Waals surface area contributed by atoms with Gasteiger partial charge in [0, 0.05) is 5.92 Å². The summed E-state index contributed by atoms with van der Waals surface area (Å²) >= 11 is 0. The van der Waals surface area contributed by atoms with Gasteiger partial charge in [0.2, 0.25) is 0 Å². The van der Waals surface area contributed by atoms with E-state index in [0.29, 0.717) is 11.6 Å². The fourth-order valence-corrected chi connectivity index (χ4v) is 5.25. The molecule has 3 atom stereocenters. The predicted molar refractivity (Wildman–Crippen MR) is 101 cm³/mol. The molecular formula is C21H25N3O2. The van der Waals surface area contributed by atoms with Crippen LogP contribution in [0.15, 0.2) is 51.6 Å². The first-order valence-electron chi connectivity index (χ1n) is 9.97. The Morgan fingerprint density at radius 1 is 0.846 bits per heavy atom. The van der Waals surface area contributed by atoms with E-state index in [0.717, 1.165) is 19.3 Å². The third kappa shape index (κ3) is 2.29. The summed E-state index contributed by atoms with van der Waals surface area (Å²) in [6.07, 6.45) is 11.8. The molecule has 1 saturated carbocycles. The second-order valence-electron chi connectivity index (χ2n) is 7.98. The zero-order valence-corrected chi connectivity index (χ0v) is 15.0. The molecule has 0 saturated heterocycles. The van der Waals surface area contributed by atoms with Gasteiger partial charge in [0.1, 0.15) is 0 Å². The smallest absolute Gasteiger partial charge is 0.245 e.